The Morgan fingerprint density at radius 3 is 1.27 bits per heavy atom. The fraction of sp³-hybridized carbons (Fsp3) is 0.385. The second-order valence-corrected chi connectivity index (χ2v) is 17.7. The van der Waals surface area contributed by atoms with Gasteiger partial charge >= 0.3 is 0 Å². The quantitative estimate of drug-likeness (QED) is 0.121. The van der Waals surface area contributed by atoms with Crippen LogP contribution >= 0.6 is 0 Å². The smallest absolute Gasteiger partial charge is 0.275 e. The molecule has 0 bridgehead atoms. The van der Waals surface area contributed by atoms with Gasteiger partial charge in [-0.25, -0.2) is 9.97 Å². The number of benzene rings is 4. The Morgan fingerprint density at radius 1 is 0.531 bits per heavy atom. The van der Waals surface area contributed by atoms with E-state index >= 15 is 0 Å². The monoisotopic (exact) mass is 860 g/mol. The molecule has 64 heavy (non-hydrogen) atoms. The maximum atomic E-state index is 13.9. The number of imidazole rings is 2. The number of nitrogens with one attached hydrogen (secondary N) is 2. The number of aliphatic hydroxyl groups is 2. The number of carbonyl (C=O) groups is 2. The van der Waals surface area contributed by atoms with Gasteiger partial charge < -0.3 is 39.8 Å². The summed E-state index contributed by atoms with van der Waals surface area (Å²) < 4.78 is 4.07. The van der Waals surface area contributed by atoms with E-state index in [-0.39, 0.29) is 36.0 Å². The molecule has 2 amide bonds. The average molecular weight is 861 g/mol. The SMILES string of the molecule is O=C(c1ncn([C@@H]2CCC[C@H]2O)c1-c1ccccc1)N1CCNC[C@H]1Cc1ccccc1.O=C(c1ncn([C@H]2CCC[C@@H]2O)c1-c1ccccc1)N1CCNC[C@H]1Cc1ccccc1. The number of amides is 2. The first-order valence-electron chi connectivity index (χ1n) is 23.2. The standard InChI is InChI=1S/2C26H30N4O2/c2*31-23-13-7-12-22(23)30-18-28-24(25(30)20-10-5-2-6-11-20)26(32)29-15-14-27-17-21(29)16-19-8-3-1-4-9-19/h2*1-6,8-11,18,21-23,27,31H,7,12-17H2/t21-,22+,23+;21-,22-,23-/m11/s1. The van der Waals surface area contributed by atoms with Crippen molar-refractivity contribution in [2.45, 2.75) is 87.7 Å². The molecule has 10 rings (SSSR count). The lowest BCUT2D eigenvalue weighted by Gasteiger charge is -2.36. The number of aliphatic hydroxyl groups excluding tert-OH is 2. The van der Waals surface area contributed by atoms with Crippen LogP contribution in [-0.4, -0.2) is 114 Å². The zero-order valence-corrected chi connectivity index (χ0v) is 36.5. The van der Waals surface area contributed by atoms with Crippen molar-refractivity contribution in [1.29, 1.82) is 0 Å². The maximum absolute atomic E-state index is 13.9. The molecule has 2 saturated carbocycles. The number of rotatable bonds is 10. The summed E-state index contributed by atoms with van der Waals surface area (Å²) in [6.07, 6.45) is 9.66. The van der Waals surface area contributed by atoms with Gasteiger partial charge in [0.25, 0.3) is 11.8 Å². The van der Waals surface area contributed by atoms with Crippen molar-refractivity contribution in [3.05, 3.63) is 156 Å². The second-order valence-electron chi connectivity index (χ2n) is 17.7. The van der Waals surface area contributed by atoms with Crippen LogP contribution in [0.2, 0.25) is 0 Å². The predicted octanol–water partition coefficient (Wildman–Crippen LogP) is 6.59. The van der Waals surface area contributed by atoms with E-state index in [2.05, 4.69) is 44.9 Å². The Kier molecular flexibility index (Phi) is 13.7. The van der Waals surface area contributed by atoms with Gasteiger partial charge in [0.05, 0.1) is 48.3 Å². The van der Waals surface area contributed by atoms with Crippen LogP contribution in [0.15, 0.2) is 134 Å². The van der Waals surface area contributed by atoms with Gasteiger partial charge in [0.2, 0.25) is 0 Å². The van der Waals surface area contributed by atoms with Gasteiger partial charge in [0.15, 0.2) is 11.4 Å². The topological polar surface area (TPSA) is 141 Å². The molecule has 4 N–H and O–H groups in total. The number of hydrogen-bond donors (Lipinski definition) is 4. The van der Waals surface area contributed by atoms with E-state index in [1.165, 1.54) is 11.1 Å². The molecule has 2 aliphatic heterocycles. The lowest BCUT2D eigenvalue weighted by atomic mass is 10.0. The summed E-state index contributed by atoms with van der Waals surface area (Å²) in [5, 5.41) is 28.0. The Labute approximate surface area is 376 Å². The molecule has 12 heteroatoms. The molecule has 2 saturated heterocycles. The van der Waals surface area contributed by atoms with Gasteiger partial charge in [-0.3, -0.25) is 9.59 Å². The largest absolute Gasteiger partial charge is 0.391 e. The molecular formula is C52H60N8O4. The summed E-state index contributed by atoms with van der Waals surface area (Å²) in [5.41, 5.74) is 6.97. The molecule has 332 valence electrons. The third-order valence-electron chi connectivity index (χ3n) is 13.5. The Bertz CT molecular complexity index is 2270. The lowest BCUT2D eigenvalue weighted by molar-refractivity contribution is 0.0623. The third kappa shape index (κ3) is 9.46. The highest BCUT2D eigenvalue weighted by Gasteiger charge is 2.37. The van der Waals surface area contributed by atoms with Gasteiger partial charge in [-0.1, -0.05) is 121 Å². The number of hydrogen-bond acceptors (Lipinski definition) is 8. The first-order valence-corrected chi connectivity index (χ1v) is 23.2. The molecule has 4 fully saturated rings. The molecule has 0 unspecified atom stereocenters. The van der Waals surface area contributed by atoms with Crippen LogP contribution in [0.3, 0.4) is 0 Å². The van der Waals surface area contributed by atoms with E-state index in [1.807, 2.05) is 116 Å². The van der Waals surface area contributed by atoms with Gasteiger partial charge in [0, 0.05) is 62.5 Å². The predicted molar refractivity (Wildman–Crippen MR) is 249 cm³/mol. The minimum absolute atomic E-state index is 0.0301. The van der Waals surface area contributed by atoms with E-state index in [1.54, 1.807) is 12.7 Å². The summed E-state index contributed by atoms with van der Waals surface area (Å²) in [5.74, 6) is -0.0601. The molecule has 2 aliphatic carbocycles. The van der Waals surface area contributed by atoms with Crippen LogP contribution in [0.1, 0.15) is 82.7 Å². The van der Waals surface area contributed by atoms with Crippen molar-refractivity contribution < 1.29 is 19.8 Å². The molecule has 4 aliphatic rings. The van der Waals surface area contributed by atoms with Crippen molar-refractivity contribution >= 4 is 11.8 Å². The molecular weight excluding hydrogens is 801 g/mol. The summed E-state index contributed by atoms with van der Waals surface area (Å²) in [6, 6.07) is 40.7. The van der Waals surface area contributed by atoms with Crippen LogP contribution < -0.4 is 10.6 Å². The summed E-state index contributed by atoms with van der Waals surface area (Å²) in [4.78, 5) is 40.9. The van der Waals surface area contributed by atoms with Gasteiger partial charge in [-0.05, 0) is 62.5 Å². The van der Waals surface area contributed by atoms with Crippen molar-refractivity contribution in [2.24, 2.45) is 0 Å². The van der Waals surface area contributed by atoms with Crippen LogP contribution in [0.25, 0.3) is 22.5 Å². The van der Waals surface area contributed by atoms with Crippen LogP contribution in [0.5, 0.6) is 0 Å². The molecule has 2 aromatic heterocycles. The third-order valence-corrected chi connectivity index (χ3v) is 13.5. The molecule has 4 heterocycles. The molecule has 0 spiro atoms. The van der Waals surface area contributed by atoms with Crippen LogP contribution in [-0.2, 0) is 12.8 Å². The number of piperazine rings is 2. The molecule has 6 aromatic rings. The van der Waals surface area contributed by atoms with Gasteiger partial charge in [-0.15, -0.1) is 0 Å². The van der Waals surface area contributed by atoms with Gasteiger partial charge in [0.1, 0.15) is 0 Å². The lowest BCUT2D eigenvalue weighted by Crippen LogP contribution is -2.54. The fourth-order valence-electron chi connectivity index (χ4n) is 10.3. The Morgan fingerprint density at radius 2 is 0.906 bits per heavy atom. The van der Waals surface area contributed by atoms with Crippen LogP contribution in [0, 0.1) is 0 Å². The Hall–Kier alpha value is -5.92. The van der Waals surface area contributed by atoms with E-state index in [9.17, 15) is 19.8 Å². The summed E-state index contributed by atoms with van der Waals surface area (Å²) in [7, 11) is 0. The fourth-order valence-corrected chi connectivity index (χ4v) is 10.3. The van der Waals surface area contributed by atoms with Crippen molar-refractivity contribution in [3.63, 3.8) is 0 Å². The van der Waals surface area contributed by atoms with Crippen LogP contribution in [0.4, 0.5) is 0 Å². The molecule has 4 aromatic carbocycles. The highest BCUT2D eigenvalue weighted by atomic mass is 16.3. The number of nitrogens with zero attached hydrogens (tertiary/aromatic N) is 6. The van der Waals surface area contributed by atoms with Crippen molar-refractivity contribution in [1.82, 2.24) is 39.5 Å². The van der Waals surface area contributed by atoms with E-state index in [0.29, 0.717) is 24.5 Å². The average Bonchev–Trinajstić information content (AvgIpc) is 4.17. The van der Waals surface area contributed by atoms with E-state index in [4.69, 9.17) is 0 Å². The summed E-state index contributed by atoms with van der Waals surface area (Å²) >= 11 is 0. The zero-order chi connectivity index (χ0) is 43.8. The normalized spacial score (nSPS) is 23.4. The minimum Gasteiger partial charge on any atom is -0.391 e. The highest BCUT2D eigenvalue weighted by molar-refractivity contribution is 5.99. The number of aromatic nitrogens is 4. The molecule has 0 radical (unpaired) electrons. The van der Waals surface area contributed by atoms with Crippen molar-refractivity contribution in [2.75, 3.05) is 39.3 Å². The molecule has 6 atom stereocenters. The van der Waals surface area contributed by atoms with Crippen molar-refractivity contribution in [3.8, 4) is 22.5 Å². The minimum atomic E-state index is -0.403. The number of carbonyl (C=O) groups excluding carboxylic acids is 2. The molecule has 12 nitrogen and oxygen atoms in total. The van der Waals surface area contributed by atoms with Gasteiger partial charge in [-0.2, -0.15) is 0 Å². The highest BCUT2D eigenvalue weighted by Crippen LogP contribution is 2.38. The van der Waals surface area contributed by atoms with E-state index < -0.39 is 12.2 Å². The maximum Gasteiger partial charge on any atom is 0.275 e. The Balaban J connectivity index is 0.000000162. The summed E-state index contributed by atoms with van der Waals surface area (Å²) in [6.45, 7) is 4.40. The van der Waals surface area contributed by atoms with E-state index in [0.717, 1.165) is 100 Å². The zero-order valence-electron chi connectivity index (χ0n) is 36.5. The first-order chi connectivity index (χ1) is 31.4. The second kappa shape index (κ2) is 20.3. The first kappa shape index (κ1) is 43.3.